The third-order valence-electron chi connectivity index (χ3n) is 5.13. The molecule has 31 heavy (non-hydrogen) atoms. The summed E-state index contributed by atoms with van der Waals surface area (Å²) in [5.74, 6) is -1.42. The number of carbonyl (C=O) groups is 2. The van der Waals surface area contributed by atoms with Gasteiger partial charge in [-0.3, -0.25) is 14.5 Å². The topological polar surface area (TPSA) is 87.1 Å². The number of ether oxygens (including phenoxy) is 1. The number of carbonyl (C=O) groups excluding carboxylic acids is 2. The number of ketones is 1. The van der Waals surface area contributed by atoms with Gasteiger partial charge in [0.15, 0.2) is 0 Å². The predicted octanol–water partition coefficient (Wildman–Crippen LogP) is 4.68. The van der Waals surface area contributed by atoms with Crippen LogP contribution in [0.15, 0.2) is 78.4 Å². The number of phenolic OH excluding ortho intramolecular Hbond substituents is 1. The Morgan fingerprint density at radius 3 is 2.29 bits per heavy atom. The fourth-order valence-electron chi connectivity index (χ4n) is 3.60. The quantitative estimate of drug-likeness (QED) is 0.353. The van der Waals surface area contributed by atoms with Gasteiger partial charge in [0.05, 0.1) is 23.7 Å². The van der Waals surface area contributed by atoms with E-state index >= 15 is 0 Å². The second-order valence-corrected chi connectivity index (χ2v) is 7.35. The first-order chi connectivity index (χ1) is 14.9. The van der Waals surface area contributed by atoms with Crippen LogP contribution in [0.2, 0.25) is 5.02 Å². The van der Waals surface area contributed by atoms with E-state index in [1.54, 1.807) is 60.7 Å². The molecule has 1 aliphatic rings. The minimum Gasteiger partial charge on any atom is -0.507 e. The highest BCUT2D eigenvalue weighted by atomic mass is 35.5. The third kappa shape index (κ3) is 3.62. The highest BCUT2D eigenvalue weighted by Crippen LogP contribution is 2.43. The molecule has 0 spiro atoms. The average Bonchev–Trinajstić information content (AvgIpc) is 3.06. The number of aromatic hydroxyl groups is 1. The summed E-state index contributed by atoms with van der Waals surface area (Å²) in [7, 11) is 1.53. The normalized spacial score (nSPS) is 17.7. The number of Topliss-reactive ketones (excluding diaryl/α,β-unsaturated/α-hetero) is 1. The number of benzene rings is 3. The number of amides is 1. The molecule has 0 bridgehead atoms. The third-order valence-corrected chi connectivity index (χ3v) is 5.43. The highest BCUT2D eigenvalue weighted by Gasteiger charge is 2.47. The van der Waals surface area contributed by atoms with Crippen LogP contribution >= 0.6 is 11.6 Å². The second-order valence-electron chi connectivity index (χ2n) is 6.94. The Hall–Kier alpha value is -3.77. The predicted molar refractivity (Wildman–Crippen MR) is 117 cm³/mol. The smallest absolute Gasteiger partial charge is 0.300 e. The van der Waals surface area contributed by atoms with E-state index in [2.05, 4.69) is 0 Å². The fourth-order valence-corrected chi connectivity index (χ4v) is 3.79. The molecule has 6 nitrogen and oxygen atoms in total. The molecule has 7 heteroatoms. The summed E-state index contributed by atoms with van der Waals surface area (Å²) >= 11 is 6.11. The van der Waals surface area contributed by atoms with Crippen molar-refractivity contribution in [2.45, 2.75) is 6.04 Å². The Balaban J connectivity index is 1.94. The summed E-state index contributed by atoms with van der Waals surface area (Å²) in [6.45, 7) is 0. The molecule has 2 N–H and O–H groups in total. The largest absolute Gasteiger partial charge is 0.507 e. The zero-order valence-corrected chi connectivity index (χ0v) is 17.2. The number of phenols is 1. The van der Waals surface area contributed by atoms with Crippen molar-refractivity contribution in [2.75, 3.05) is 12.0 Å². The Morgan fingerprint density at radius 1 is 1.00 bits per heavy atom. The van der Waals surface area contributed by atoms with Crippen molar-refractivity contribution in [2.24, 2.45) is 0 Å². The van der Waals surface area contributed by atoms with Crippen molar-refractivity contribution in [3.63, 3.8) is 0 Å². The number of hydrogen-bond acceptors (Lipinski definition) is 5. The van der Waals surface area contributed by atoms with Gasteiger partial charge in [-0.05, 0) is 42.0 Å². The second kappa shape index (κ2) is 8.16. The van der Waals surface area contributed by atoms with Gasteiger partial charge in [-0.1, -0.05) is 48.0 Å². The SMILES string of the molecule is COc1ccc(N2C(=O)C(=O)/C(=C(\O)c3ccccc3)C2c2ccc(O)c(Cl)c2)cc1. The molecule has 0 saturated carbocycles. The summed E-state index contributed by atoms with van der Waals surface area (Å²) in [5, 5.41) is 20.9. The van der Waals surface area contributed by atoms with Crippen molar-refractivity contribution in [3.05, 3.63) is 94.5 Å². The lowest BCUT2D eigenvalue weighted by Crippen LogP contribution is -2.29. The van der Waals surface area contributed by atoms with Crippen LogP contribution in [0, 0.1) is 0 Å². The molecule has 1 aliphatic heterocycles. The van der Waals surface area contributed by atoms with Gasteiger partial charge in [-0.25, -0.2) is 0 Å². The lowest BCUT2D eigenvalue weighted by atomic mass is 9.95. The van der Waals surface area contributed by atoms with Gasteiger partial charge in [-0.15, -0.1) is 0 Å². The van der Waals surface area contributed by atoms with Gasteiger partial charge >= 0.3 is 0 Å². The van der Waals surface area contributed by atoms with Gasteiger partial charge in [0.1, 0.15) is 17.3 Å². The summed E-state index contributed by atoms with van der Waals surface area (Å²) in [4.78, 5) is 27.4. The van der Waals surface area contributed by atoms with E-state index in [9.17, 15) is 19.8 Å². The summed E-state index contributed by atoms with van der Waals surface area (Å²) in [6.07, 6.45) is 0. The maximum atomic E-state index is 13.1. The van der Waals surface area contributed by atoms with Crippen molar-refractivity contribution in [1.29, 1.82) is 0 Å². The van der Waals surface area contributed by atoms with Gasteiger partial charge in [0.2, 0.25) is 0 Å². The number of rotatable bonds is 4. The standard InChI is InChI=1S/C24H18ClNO5/c1-31-17-10-8-16(9-11-17)26-21(15-7-12-19(27)18(25)13-15)20(23(29)24(26)30)22(28)14-5-3-2-4-6-14/h2-13,21,27-28H,1H3/b22-20-. The molecule has 1 amide bonds. The number of aliphatic hydroxyl groups is 1. The molecule has 0 aromatic heterocycles. The van der Waals surface area contributed by atoms with Crippen molar-refractivity contribution in [3.8, 4) is 11.5 Å². The van der Waals surface area contributed by atoms with E-state index in [1.807, 2.05) is 0 Å². The first-order valence-electron chi connectivity index (χ1n) is 9.41. The van der Waals surface area contributed by atoms with E-state index in [-0.39, 0.29) is 22.1 Å². The summed E-state index contributed by atoms with van der Waals surface area (Å²) in [5.41, 5.74) is 1.26. The fraction of sp³-hybridized carbons (Fsp3) is 0.0833. The van der Waals surface area contributed by atoms with Crippen molar-refractivity contribution in [1.82, 2.24) is 0 Å². The van der Waals surface area contributed by atoms with Crippen molar-refractivity contribution >= 4 is 34.7 Å². The zero-order chi connectivity index (χ0) is 22.1. The molecule has 1 unspecified atom stereocenters. The zero-order valence-electron chi connectivity index (χ0n) is 16.4. The highest BCUT2D eigenvalue weighted by molar-refractivity contribution is 6.51. The van der Waals surface area contributed by atoms with Crippen LogP contribution in [0.25, 0.3) is 5.76 Å². The van der Waals surface area contributed by atoms with E-state index in [0.29, 0.717) is 22.6 Å². The van der Waals surface area contributed by atoms with E-state index in [4.69, 9.17) is 16.3 Å². The van der Waals surface area contributed by atoms with E-state index in [1.165, 1.54) is 24.1 Å². The van der Waals surface area contributed by atoms with Crippen LogP contribution in [-0.2, 0) is 9.59 Å². The Kier molecular flexibility index (Phi) is 5.40. The lowest BCUT2D eigenvalue weighted by Gasteiger charge is -2.25. The lowest BCUT2D eigenvalue weighted by molar-refractivity contribution is -0.132. The van der Waals surface area contributed by atoms with Crippen LogP contribution in [-0.4, -0.2) is 29.0 Å². The summed E-state index contributed by atoms with van der Waals surface area (Å²) in [6, 6.07) is 18.7. The molecule has 1 fully saturated rings. The Bertz CT molecular complexity index is 1190. The molecule has 4 rings (SSSR count). The number of anilines is 1. The molecule has 156 valence electrons. The molecule has 0 aliphatic carbocycles. The first-order valence-corrected chi connectivity index (χ1v) is 9.79. The number of hydrogen-bond donors (Lipinski definition) is 2. The Labute approximate surface area is 183 Å². The van der Waals surface area contributed by atoms with Gasteiger partial charge < -0.3 is 14.9 Å². The average molecular weight is 436 g/mol. The molecule has 0 radical (unpaired) electrons. The number of methoxy groups -OCH3 is 1. The molecular formula is C24H18ClNO5. The van der Waals surface area contributed by atoms with Crippen LogP contribution in [0.5, 0.6) is 11.5 Å². The van der Waals surface area contributed by atoms with Gasteiger partial charge in [-0.2, -0.15) is 0 Å². The minimum absolute atomic E-state index is 0.0613. The molecule has 1 heterocycles. The number of halogens is 1. The van der Waals surface area contributed by atoms with Crippen molar-refractivity contribution < 1.29 is 24.5 Å². The maximum absolute atomic E-state index is 13.1. The van der Waals surface area contributed by atoms with E-state index < -0.39 is 17.7 Å². The van der Waals surface area contributed by atoms with Gasteiger partial charge in [0, 0.05) is 11.3 Å². The molecular weight excluding hydrogens is 418 g/mol. The number of aliphatic hydroxyl groups excluding tert-OH is 1. The van der Waals surface area contributed by atoms with Crippen LogP contribution < -0.4 is 9.64 Å². The maximum Gasteiger partial charge on any atom is 0.300 e. The van der Waals surface area contributed by atoms with Crippen LogP contribution in [0.3, 0.4) is 0 Å². The first kappa shape index (κ1) is 20.5. The van der Waals surface area contributed by atoms with Crippen LogP contribution in [0.4, 0.5) is 5.69 Å². The minimum atomic E-state index is -0.938. The molecule has 1 saturated heterocycles. The number of nitrogens with zero attached hydrogens (tertiary/aromatic N) is 1. The molecule has 1 atom stereocenters. The monoisotopic (exact) mass is 435 g/mol. The van der Waals surface area contributed by atoms with E-state index in [0.717, 1.165) is 0 Å². The molecule has 3 aromatic rings. The van der Waals surface area contributed by atoms with Crippen LogP contribution in [0.1, 0.15) is 17.2 Å². The Morgan fingerprint density at radius 2 is 1.68 bits per heavy atom. The molecule has 3 aromatic carbocycles. The summed E-state index contributed by atoms with van der Waals surface area (Å²) < 4.78 is 5.17. The van der Waals surface area contributed by atoms with Gasteiger partial charge in [0.25, 0.3) is 11.7 Å².